The van der Waals surface area contributed by atoms with E-state index in [1.54, 1.807) is 0 Å². The van der Waals surface area contributed by atoms with Gasteiger partial charge in [0.15, 0.2) is 0 Å². The van der Waals surface area contributed by atoms with E-state index in [4.69, 9.17) is 11.6 Å². The second-order valence-corrected chi connectivity index (χ2v) is 4.89. The van der Waals surface area contributed by atoms with Crippen molar-refractivity contribution in [1.29, 1.82) is 0 Å². The van der Waals surface area contributed by atoms with Crippen LogP contribution in [0.3, 0.4) is 0 Å². The Kier molecular flexibility index (Phi) is 1.99. The van der Waals surface area contributed by atoms with Gasteiger partial charge in [0, 0.05) is 17.0 Å². The van der Waals surface area contributed by atoms with Crippen LogP contribution in [0.1, 0.15) is 12.0 Å². The summed E-state index contributed by atoms with van der Waals surface area (Å²) in [5.41, 5.74) is 1.20. The average Bonchev–Trinajstić information content (AvgIpc) is 2.90. The molecule has 1 saturated heterocycles. The first kappa shape index (κ1) is 9.22. The van der Waals surface area contributed by atoms with Crippen molar-refractivity contribution in [3.63, 3.8) is 0 Å². The maximum atomic E-state index is 11.5. The topological polar surface area (TPSA) is 29.1 Å². The summed E-state index contributed by atoms with van der Waals surface area (Å²) >= 11 is 5.81. The molecule has 15 heavy (non-hydrogen) atoms. The summed E-state index contributed by atoms with van der Waals surface area (Å²) < 4.78 is 0. The van der Waals surface area contributed by atoms with Crippen LogP contribution in [0.2, 0.25) is 5.02 Å². The van der Waals surface area contributed by atoms with E-state index in [0.717, 1.165) is 11.4 Å². The fourth-order valence-electron chi connectivity index (χ4n) is 2.43. The first-order valence-electron chi connectivity index (χ1n) is 5.29. The number of amides is 1. The van der Waals surface area contributed by atoms with Gasteiger partial charge in [-0.3, -0.25) is 4.79 Å². The Morgan fingerprint density at radius 3 is 2.67 bits per heavy atom. The molecule has 1 saturated carbocycles. The number of carbonyl (C=O) groups is 1. The lowest BCUT2D eigenvalue weighted by atomic mass is 9.96. The van der Waals surface area contributed by atoms with E-state index < -0.39 is 0 Å². The highest BCUT2D eigenvalue weighted by atomic mass is 35.5. The Morgan fingerprint density at radius 1 is 1.33 bits per heavy atom. The summed E-state index contributed by atoms with van der Waals surface area (Å²) in [5, 5.41) is 3.76. The molecule has 2 fully saturated rings. The molecular formula is C12H12ClNO. The summed E-state index contributed by atoms with van der Waals surface area (Å²) in [5.74, 6) is 1.01. The quantitative estimate of drug-likeness (QED) is 0.814. The molecule has 1 amide bonds. The molecular weight excluding hydrogens is 210 g/mol. The fraction of sp³-hybridized carbons (Fsp3) is 0.417. The zero-order valence-corrected chi connectivity index (χ0v) is 9.00. The van der Waals surface area contributed by atoms with Crippen LogP contribution in [0.15, 0.2) is 24.3 Å². The zero-order chi connectivity index (χ0) is 10.4. The molecule has 3 heteroatoms. The van der Waals surface area contributed by atoms with Crippen molar-refractivity contribution in [1.82, 2.24) is 5.32 Å². The van der Waals surface area contributed by atoms with Crippen LogP contribution in [-0.2, 0) is 11.2 Å². The van der Waals surface area contributed by atoms with Gasteiger partial charge < -0.3 is 5.32 Å². The third kappa shape index (κ3) is 1.63. The van der Waals surface area contributed by atoms with E-state index in [1.807, 2.05) is 24.3 Å². The zero-order valence-electron chi connectivity index (χ0n) is 8.24. The van der Waals surface area contributed by atoms with Gasteiger partial charge in [-0.15, -0.1) is 0 Å². The number of carbonyl (C=O) groups excluding carboxylic acids is 1. The van der Waals surface area contributed by atoms with E-state index in [-0.39, 0.29) is 11.8 Å². The summed E-state index contributed by atoms with van der Waals surface area (Å²) in [6.45, 7) is 0. The monoisotopic (exact) mass is 221 g/mol. The molecule has 2 nitrogen and oxygen atoms in total. The molecule has 0 bridgehead atoms. The molecule has 0 radical (unpaired) electrons. The minimum absolute atomic E-state index is 0.191. The Hall–Kier alpha value is -1.02. The second-order valence-electron chi connectivity index (χ2n) is 4.45. The lowest BCUT2D eigenvalue weighted by molar-refractivity contribution is -0.123. The molecule has 0 spiro atoms. The van der Waals surface area contributed by atoms with Gasteiger partial charge in [-0.05, 0) is 36.5 Å². The van der Waals surface area contributed by atoms with Crippen LogP contribution in [0.4, 0.5) is 0 Å². The highest BCUT2D eigenvalue weighted by molar-refractivity contribution is 6.30. The Morgan fingerprint density at radius 2 is 2.07 bits per heavy atom. The minimum Gasteiger partial charge on any atom is -0.353 e. The van der Waals surface area contributed by atoms with Crippen molar-refractivity contribution >= 4 is 17.5 Å². The van der Waals surface area contributed by atoms with Gasteiger partial charge in [0.2, 0.25) is 5.91 Å². The van der Waals surface area contributed by atoms with E-state index >= 15 is 0 Å². The predicted molar refractivity (Wildman–Crippen MR) is 58.7 cm³/mol. The van der Waals surface area contributed by atoms with Crippen LogP contribution in [0.5, 0.6) is 0 Å². The van der Waals surface area contributed by atoms with E-state index in [9.17, 15) is 4.79 Å². The molecule has 0 aromatic heterocycles. The largest absolute Gasteiger partial charge is 0.353 e. The average molecular weight is 222 g/mol. The summed E-state index contributed by atoms with van der Waals surface area (Å²) in [6.07, 6.45) is 2.02. The first-order chi connectivity index (χ1) is 7.24. The van der Waals surface area contributed by atoms with Crippen LogP contribution in [0.25, 0.3) is 0 Å². The first-order valence-corrected chi connectivity index (χ1v) is 5.66. The molecule has 1 aromatic carbocycles. The van der Waals surface area contributed by atoms with Crippen molar-refractivity contribution in [2.45, 2.75) is 18.9 Å². The Labute approximate surface area is 93.6 Å². The predicted octanol–water partition coefficient (Wildman–Crippen LogP) is 2.02. The van der Waals surface area contributed by atoms with Gasteiger partial charge in [0.25, 0.3) is 0 Å². The molecule has 1 heterocycles. The van der Waals surface area contributed by atoms with Gasteiger partial charge in [0.05, 0.1) is 0 Å². The number of hydrogen-bond donors (Lipinski definition) is 1. The summed E-state index contributed by atoms with van der Waals surface area (Å²) in [4.78, 5) is 11.5. The molecule has 1 N–H and O–H groups in total. The molecule has 1 aliphatic heterocycles. The van der Waals surface area contributed by atoms with Gasteiger partial charge in [-0.2, -0.15) is 0 Å². The molecule has 3 rings (SSSR count). The van der Waals surface area contributed by atoms with Crippen LogP contribution >= 0.6 is 11.6 Å². The van der Waals surface area contributed by atoms with E-state index in [0.29, 0.717) is 12.0 Å². The smallest absolute Gasteiger partial charge is 0.224 e. The maximum absolute atomic E-state index is 11.5. The second kappa shape index (κ2) is 3.24. The molecule has 0 unspecified atom stereocenters. The Balaban J connectivity index is 1.74. The number of benzene rings is 1. The third-order valence-corrected chi connectivity index (χ3v) is 3.64. The number of fused-ring (bicyclic) bond motifs is 1. The fourth-order valence-corrected chi connectivity index (χ4v) is 2.55. The number of halogens is 1. The molecule has 1 aromatic rings. The number of hydrogen-bond acceptors (Lipinski definition) is 1. The van der Waals surface area contributed by atoms with Crippen molar-refractivity contribution in [3.05, 3.63) is 34.9 Å². The molecule has 1 aliphatic carbocycles. The minimum atomic E-state index is 0.191. The normalized spacial score (nSPS) is 32.3. The van der Waals surface area contributed by atoms with Crippen LogP contribution < -0.4 is 5.32 Å². The molecule has 78 valence electrons. The van der Waals surface area contributed by atoms with Gasteiger partial charge in [0.1, 0.15) is 0 Å². The van der Waals surface area contributed by atoms with E-state index in [1.165, 1.54) is 12.0 Å². The summed E-state index contributed by atoms with van der Waals surface area (Å²) in [6, 6.07) is 8.26. The third-order valence-electron chi connectivity index (χ3n) is 3.39. The van der Waals surface area contributed by atoms with Crippen LogP contribution in [-0.4, -0.2) is 11.9 Å². The maximum Gasteiger partial charge on any atom is 0.224 e. The molecule has 3 atom stereocenters. The van der Waals surface area contributed by atoms with Crippen molar-refractivity contribution in [2.24, 2.45) is 11.8 Å². The van der Waals surface area contributed by atoms with Crippen LogP contribution in [0, 0.1) is 11.8 Å². The van der Waals surface area contributed by atoms with Gasteiger partial charge in [-0.1, -0.05) is 23.7 Å². The van der Waals surface area contributed by atoms with Gasteiger partial charge in [-0.25, -0.2) is 0 Å². The lowest BCUT2D eigenvalue weighted by Crippen LogP contribution is -2.25. The molecule has 2 aliphatic rings. The van der Waals surface area contributed by atoms with Gasteiger partial charge >= 0.3 is 0 Å². The highest BCUT2D eigenvalue weighted by Crippen LogP contribution is 2.44. The van der Waals surface area contributed by atoms with E-state index in [2.05, 4.69) is 5.32 Å². The van der Waals surface area contributed by atoms with Crippen molar-refractivity contribution < 1.29 is 4.79 Å². The van der Waals surface area contributed by atoms with Crippen molar-refractivity contribution in [3.8, 4) is 0 Å². The standard InChI is InChI=1S/C12H12ClNO/c13-8-3-1-7(2-4-8)5-10-9-6-11(9)14-12(10)15/h1-4,9-11H,5-6H2,(H,14,15)/t9-,10+,11-/m0/s1. The highest BCUT2D eigenvalue weighted by Gasteiger charge is 2.52. The number of piperidine rings is 1. The number of rotatable bonds is 2. The number of nitrogens with one attached hydrogen (secondary N) is 1. The lowest BCUT2D eigenvalue weighted by Gasteiger charge is -2.09. The SMILES string of the molecule is O=C1N[C@H]2C[C@H]2[C@H]1Cc1ccc(Cl)cc1. The van der Waals surface area contributed by atoms with Crippen molar-refractivity contribution in [2.75, 3.05) is 0 Å². The summed E-state index contributed by atoms with van der Waals surface area (Å²) in [7, 11) is 0. The Bertz CT molecular complexity index is 401.